The highest BCUT2D eigenvalue weighted by molar-refractivity contribution is 8.13. The van der Waals surface area contributed by atoms with Crippen molar-refractivity contribution < 1.29 is 4.79 Å². The molecule has 0 aliphatic carbocycles. The standard InChI is InChI=1S/C8H14N4OS/c1-4-10-7(13)6(2)12-8(14-3)11-5-9/h6H,4H2,1-3H3,(H,10,13)(H,11,12). The molecule has 1 amide bonds. The molecule has 0 radical (unpaired) electrons. The van der Waals surface area contributed by atoms with Gasteiger partial charge in [-0.1, -0.05) is 11.8 Å². The number of aliphatic imine (C=N–C) groups is 1. The smallest absolute Gasteiger partial charge is 0.244 e. The molecule has 0 spiro atoms. The minimum absolute atomic E-state index is 0.140. The number of hydrogen-bond acceptors (Lipinski definition) is 4. The number of hydrogen-bond donors (Lipinski definition) is 2. The molecule has 0 rings (SSSR count). The molecule has 6 heteroatoms. The Morgan fingerprint density at radius 2 is 2.36 bits per heavy atom. The minimum Gasteiger partial charge on any atom is -0.355 e. The highest BCUT2D eigenvalue weighted by atomic mass is 32.2. The number of likely N-dealkylation sites (N-methyl/N-ethyl adjacent to an activating group) is 1. The van der Waals surface area contributed by atoms with E-state index in [4.69, 9.17) is 5.26 Å². The van der Waals surface area contributed by atoms with E-state index in [0.29, 0.717) is 11.7 Å². The van der Waals surface area contributed by atoms with Crippen LogP contribution in [0.1, 0.15) is 13.8 Å². The van der Waals surface area contributed by atoms with Gasteiger partial charge in [0.15, 0.2) is 11.4 Å². The van der Waals surface area contributed by atoms with E-state index in [1.807, 2.05) is 6.92 Å². The van der Waals surface area contributed by atoms with Crippen LogP contribution in [0.15, 0.2) is 4.99 Å². The van der Waals surface area contributed by atoms with Crippen LogP contribution in [0.25, 0.3) is 0 Å². The molecule has 0 fully saturated rings. The molecule has 0 saturated carbocycles. The van der Waals surface area contributed by atoms with E-state index in [-0.39, 0.29) is 5.91 Å². The minimum atomic E-state index is -0.474. The molecule has 0 bridgehead atoms. The Morgan fingerprint density at radius 1 is 1.71 bits per heavy atom. The van der Waals surface area contributed by atoms with Crippen LogP contribution in [0.4, 0.5) is 0 Å². The Bertz CT molecular complexity index is 259. The van der Waals surface area contributed by atoms with E-state index in [1.54, 1.807) is 19.4 Å². The van der Waals surface area contributed by atoms with Crippen LogP contribution in [0.3, 0.4) is 0 Å². The second-order valence-electron chi connectivity index (χ2n) is 2.45. The van der Waals surface area contributed by atoms with Crippen molar-refractivity contribution in [1.29, 1.82) is 5.26 Å². The average molecular weight is 214 g/mol. The van der Waals surface area contributed by atoms with Gasteiger partial charge < -0.3 is 5.32 Å². The summed E-state index contributed by atoms with van der Waals surface area (Å²) >= 11 is 1.29. The molecule has 0 heterocycles. The molecule has 0 aliphatic heterocycles. The lowest BCUT2D eigenvalue weighted by Gasteiger charge is -2.07. The van der Waals surface area contributed by atoms with Crippen molar-refractivity contribution in [3.8, 4) is 6.19 Å². The Kier molecular flexibility index (Phi) is 6.58. The summed E-state index contributed by atoms with van der Waals surface area (Å²) in [5, 5.41) is 13.9. The van der Waals surface area contributed by atoms with Gasteiger partial charge in [-0.25, -0.2) is 4.99 Å². The number of carbonyl (C=O) groups excluding carboxylic acids is 1. The van der Waals surface area contributed by atoms with Crippen LogP contribution in [-0.4, -0.2) is 29.9 Å². The van der Waals surface area contributed by atoms with Crippen LogP contribution in [0.2, 0.25) is 0 Å². The van der Waals surface area contributed by atoms with E-state index in [9.17, 15) is 4.79 Å². The van der Waals surface area contributed by atoms with Crippen molar-refractivity contribution in [2.45, 2.75) is 19.9 Å². The zero-order valence-electron chi connectivity index (χ0n) is 8.50. The number of thioether (sulfide) groups is 1. The van der Waals surface area contributed by atoms with Crippen molar-refractivity contribution in [2.24, 2.45) is 4.99 Å². The van der Waals surface area contributed by atoms with Crippen LogP contribution in [0, 0.1) is 11.5 Å². The Hall–Kier alpha value is -1.22. The van der Waals surface area contributed by atoms with Gasteiger partial charge in [0.1, 0.15) is 6.04 Å². The molecule has 1 unspecified atom stereocenters. The molecule has 5 nitrogen and oxygen atoms in total. The maximum absolute atomic E-state index is 11.3. The highest BCUT2D eigenvalue weighted by Gasteiger charge is 2.10. The third-order valence-corrected chi connectivity index (χ3v) is 1.99. The molecule has 0 saturated heterocycles. The van der Waals surface area contributed by atoms with Gasteiger partial charge in [0.2, 0.25) is 5.91 Å². The predicted octanol–water partition coefficient (Wildman–Crippen LogP) is 0.301. The lowest BCUT2D eigenvalue weighted by atomic mass is 10.3. The topological polar surface area (TPSA) is 77.3 Å². The SMILES string of the molecule is CCNC(=O)C(C)N=C(NC#N)SC. The highest BCUT2D eigenvalue weighted by Crippen LogP contribution is 1.98. The third kappa shape index (κ3) is 4.72. The lowest BCUT2D eigenvalue weighted by Crippen LogP contribution is -2.32. The van der Waals surface area contributed by atoms with Crippen molar-refractivity contribution in [2.75, 3.05) is 12.8 Å². The van der Waals surface area contributed by atoms with Gasteiger partial charge in [-0.2, -0.15) is 5.26 Å². The summed E-state index contributed by atoms with van der Waals surface area (Å²) in [4.78, 5) is 15.3. The molecule has 1 atom stereocenters. The fourth-order valence-corrected chi connectivity index (χ4v) is 1.15. The second kappa shape index (κ2) is 7.21. The van der Waals surface area contributed by atoms with Crippen molar-refractivity contribution in [1.82, 2.24) is 10.6 Å². The van der Waals surface area contributed by atoms with E-state index in [0.717, 1.165) is 0 Å². The Balaban J connectivity index is 4.31. The summed E-state index contributed by atoms with van der Waals surface area (Å²) in [5.74, 6) is -0.140. The average Bonchev–Trinajstić information content (AvgIpc) is 2.17. The number of carbonyl (C=O) groups is 1. The number of nitrogens with one attached hydrogen (secondary N) is 2. The first kappa shape index (κ1) is 12.8. The van der Waals surface area contributed by atoms with Crippen molar-refractivity contribution in [3.05, 3.63) is 0 Å². The van der Waals surface area contributed by atoms with Gasteiger partial charge >= 0.3 is 0 Å². The lowest BCUT2D eigenvalue weighted by molar-refractivity contribution is -0.121. The fraction of sp³-hybridized carbons (Fsp3) is 0.625. The molecular weight excluding hydrogens is 200 g/mol. The first-order chi connectivity index (χ1) is 6.65. The summed E-state index contributed by atoms with van der Waals surface area (Å²) in [6, 6.07) is -0.474. The Morgan fingerprint density at radius 3 is 2.79 bits per heavy atom. The zero-order valence-corrected chi connectivity index (χ0v) is 9.31. The maximum atomic E-state index is 11.3. The van der Waals surface area contributed by atoms with E-state index >= 15 is 0 Å². The molecule has 0 aromatic heterocycles. The molecular formula is C8H14N4OS. The first-order valence-corrected chi connectivity index (χ1v) is 5.42. The van der Waals surface area contributed by atoms with Gasteiger partial charge in [-0.05, 0) is 20.1 Å². The second-order valence-corrected chi connectivity index (χ2v) is 3.24. The number of nitriles is 1. The van der Waals surface area contributed by atoms with Gasteiger partial charge in [0.25, 0.3) is 0 Å². The predicted molar refractivity (Wildman–Crippen MR) is 57.8 cm³/mol. The molecule has 14 heavy (non-hydrogen) atoms. The molecule has 2 N–H and O–H groups in total. The maximum Gasteiger partial charge on any atom is 0.244 e. The summed E-state index contributed by atoms with van der Waals surface area (Å²) in [6.07, 6.45) is 3.55. The zero-order chi connectivity index (χ0) is 11.0. The van der Waals surface area contributed by atoms with Crippen LogP contribution in [0.5, 0.6) is 0 Å². The molecule has 0 aromatic carbocycles. The normalized spacial score (nSPS) is 12.9. The quantitative estimate of drug-likeness (QED) is 0.306. The summed E-state index contributed by atoms with van der Waals surface area (Å²) in [5.41, 5.74) is 0. The summed E-state index contributed by atoms with van der Waals surface area (Å²) < 4.78 is 0. The van der Waals surface area contributed by atoms with Crippen LogP contribution >= 0.6 is 11.8 Å². The largest absolute Gasteiger partial charge is 0.355 e. The summed E-state index contributed by atoms with van der Waals surface area (Å²) in [6.45, 7) is 4.11. The number of rotatable bonds is 3. The number of nitrogens with zero attached hydrogens (tertiary/aromatic N) is 2. The number of amides is 1. The van der Waals surface area contributed by atoms with Gasteiger partial charge in [0, 0.05) is 6.54 Å². The molecule has 0 aromatic rings. The Labute approximate surface area is 88.0 Å². The van der Waals surface area contributed by atoms with Gasteiger partial charge in [0.05, 0.1) is 0 Å². The number of amidine groups is 1. The first-order valence-electron chi connectivity index (χ1n) is 4.20. The van der Waals surface area contributed by atoms with Crippen molar-refractivity contribution in [3.63, 3.8) is 0 Å². The van der Waals surface area contributed by atoms with E-state index < -0.39 is 6.04 Å². The van der Waals surface area contributed by atoms with Gasteiger partial charge in [-0.3, -0.25) is 10.1 Å². The van der Waals surface area contributed by atoms with Crippen LogP contribution < -0.4 is 10.6 Å². The van der Waals surface area contributed by atoms with Crippen molar-refractivity contribution >= 4 is 22.8 Å². The third-order valence-electron chi connectivity index (χ3n) is 1.40. The van der Waals surface area contributed by atoms with Gasteiger partial charge in [-0.15, -0.1) is 0 Å². The summed E-state index contributed by atoms with van der Waals surface area (Å²) in [7, 11) is 0. The van der Waals surface area contributed by atoms with E-state index in [1.165, 1.54) is 11.8 Å². The molecule has 78 valence electrons. The fourth-order valence-electron chi connectivity index (χ4n) is 0.740. The van der Waals surface area contributed by atoms with E-state index in [2.05, 4.69) is 15.6 Å². The molecule has 0 aliphatic rings. The van der Waals surface area contributed by atoms with Crippen LogP contribution in [-0.2, 0) is 4.79 Å². The monoisotopic (exact) mass is 214 g/mol.